The minimum Gasteiger partial charge on any atom is -0.346 e. The van der Waals surface area contributed by atoms with Gasteiger partial charge in [-0.05, 0) is 37.0 Å². The third kappa shape index (κ3) is 1.69. The van der Waals surface area contributed by atoms with Gasteiger partial charge < -0.3 is 4.98 Å². The van der Waals surface area contributed by atoms with Gasteiger partial charge in [0.15, 0.2) is 0 Å². The van der Waals surface area contributed by atoms with Crippen molar-refractivity contribution in [1.82, 2.24) is 9.97 Å². The molecule has 0 amide bonds. The molecule has 0 aromatic carbocycles. The lowest BCUT2D eigenvalue weighted by atomic mass is 10.1. The predicted molar refractivity (Wildman–Crippen MR) is 59.2 cm³/mol. The van der Waals surface area contributed by atoms with Crippen molar-refractivity contribution in [2.75, 3.05) is 0 Å². The number of hydrogen-bond acceptors (Lipinski definition) is 1. The molecule has 0 aliphatic carbocycles. The molecule has 0 spiro atoms. The van der Waals surface area contributed by atoms with Crippen LogP contribution in [-0.2, 0) is 6.42 Å². The van der Waals surface area contributed by atoms with Crippen LogP contribution >= 0.6 is 0 Å². The van der Waals surface area contributed by atoms with Crippen LogP contribution in [0.3, 0.4) is 0 Å². The molecule has 2 heterocycles. The quantitative estimate of drug-likeness (QED) is 0.577. The average molecular weight is 186 g/mol. The molecule has 2 aromatic heterocycles. The van der Waals surface area contributed by atoms with Crippen LogP contribution in [0.25, 0.3) is 11.0 Å². The molecule has 72 valence electrons. The second-order valence-corrected chi connectivity index (χ2v) is 3.39. The van der Waals surface area contributed by atoms with Crippen LogP contribution in [0.4, 0.5) is 0 Å². The summed E-state index contributed by atoms with van der Waals surface area (Å²) in [6.07, 6.45) is 9.16. The minimum atomic E-state index is 0.987. The molecule has 0 aliphatic rings. The Labute approximate surface area is 83.7 Å². The maximum Gasteiger partial charge on any atom is 0.137 e. The van der Waals surface area contributed by atoms with Crippen LogP contribution in [0.2, 0.25) is 0 Å². The van der Waals surface area contributed by atoms with E-state index in [1.54, 1.807) is 0 Å². The number of allylic oxidation sites excluding steroid dienone is 1. The topological polar surface area (TPSA) is 28.7 Å². The van der Waals surface area contributed by atoms with E-state index in [0.29, 0.717) is 0 Å². The highest BCUT2D eigenvalue weighted by molar-refractivity contribution is 5.79. The largest absolute Gasteiger partial charge is 0.346 e. The van der Waals surface area contributed by atoms with Crippen molar-refractivity contribution in [1.29, 1.82) is 0 Å². The highest BCUT2D eigenvalue weighted by atomic mass is 14.8. The monoisotopic (exact) mass is 186 g/mol. The smallest absolute Gasteiger partial charge is 0.137 e. The Bertz CT molecular complexity index is 429. The van der Waals surface area contributed by atoms with Crippen molar-refractivity contribution < 1.29 is 0 Å². The molecule has 14 heavy (non-hydrogen) atoms. The van der Waals surface area contributed by atoms with Crippen molar-refractivity contribution in [3.8, 4) is 0 Å². The first-order valence-electron chi connectivity index (χ1n) is 4.93. The first kappa shape index (κ1) is 9.00. The molecule has 0 aliphatic heterocycles. The molecule has 1 N–H and O–H groups in total. The van der Waals surface area contributed by atoms with Gasteiger partial charge in [0.1, 0.15) is 5.65 Å². The fourth-order valence-electron chi connectivity index (χ4n) is 1.66. The molecule has 0 atom stereocenters. The Morgan fingerprint density at radius 2 is 2.43 bits per heavy atom. The van der Waals surface area contributed by atoms with Crippen LogP contribution in [0.15, 0.2) is 37.2 Å². The Morgan fingerprint density at radius 3 is 3.29 bits per heavy atom. The van der Waals surface area contributed by atoms with Crippen molar-refractivity contribution >= 4 is 11.0 Å². The molecule has 0 saturated carbocycles. The third-order valence-corrected chi connectivity index (χ3v) is 2.39. The summed E-state index contributed by atoms with van der Waals surface area (Å²) in [5.41, 5.74) is 2.34. The minimum absolute atomic E-state index is 0.987. The lowest BCUT2D eigenvalue weighted by Crippen LogP contribution is -1.82. The van der Waals surface area contributed by atoms with Crippen LogP contribution < -0.4 is 0 Å². The SMILES string of the molecule is C=CCCCc1c[nH]c2ncccc12. The number of aromatic amines is 1. The van der Waals surface area contributed by atoms with Gasteiger partial charge >= 0.3 is 0 Å². The molecule has 2 heteroatoms. The highest BCUT2D eigenvalue weighted by Gasteiger charge is 2.02. The molecular weight excluding hydrogens is 172 g/mol. The maximum absolute atomic E-state index is 4.25. The zero-order valence-electron chi connectivity index (χ0n) is 8.16. The summed E-state index contributed by atoms with van der Waals surface area (Å²) < 4.78 is 0. The van der Waals surface area contributed by atoms with E-state index in [-0.39, 0.29) is 0 Å². The van der Waals surface area contributed by atoms with Crippen LogP contribution in [0, 0.1) is 0 Å². The third-order valence-electron chi connectivity index (χ3n) is 2.39. The van der Waals surface area contributed by atoms with Gasteiger partial charge in [0, 0.05) is 17.8 Å². The molecular formula is C12H14N2. The second kappa shape index (κ2) is 4.09. The summed E-state index contributed by atoms with van der Waals surface area (Å²) in [7, 11) is 0. The molecule has 2 aromatic rings. The van der Waals surface area contributed by atoms with Gasteiger partial charge in [-0.15, -0.1) is 6.58 Å². The lowest BCUT2D eigenvalue weighted by molar-refractivity contribution is 0.849. The van der Waals surface area contributed by atoms with Crippen LogP contribution in [0.1, 0.15) is 18.4 Å². The maximum atomic E-state index is 4.25. The summed E-state index contributed by atoms with van der Waals surface area (Å²) in [5.74, 6) is 0. The van der Waals surface area contributed by atoms with Crippen molar-refractivity contribution in [3.05, 3.63) is 42.7 Å². The number of nitrogens with one attached hydrogen (secondary N) is 1. The Kier molecular flexibility index (Phi) is 2.63. The number of pyridine rings is 1. The summed E-state index contributed by atoms with van der Waals surface area (Å²) in [6, 6.07) is 4.09. The zero-order chi connectivity index (χ0) is 9.80. The first-order valence-corrected chi connectivity index (χ1v) is 4.93. The summed E-state index contributed by atoms with van der Waals surface area (Å²) in [5, 5.41) is 1.25. The number of aromatic nitrogens is 2. The van der Waals surface area contributed by atoms with Crippen molar-refractivity contribution in [2.24, 2.45) is 0 Å². The Morgan fingerprint density at radius 1 is 1.50 bits per heavy atom. The van der Waals surface area contributed by atoms with E-state index in [4.69, 9.17) is 0 Å². The summed E-state index contributed by atoms with van der Waals surface area (Å²) in [6.45, 7) is 3.72. The van der Waals surface area contributed by atoms with Crippen LogP contribution in [0.5, 0.6) is 0 Å². The van der Waals surface area contributed by atoms with Crippen LogP contribution in [-0.4, -0.2) is 9.97 Å². The predicted octanol–water partition coefficient (Wildman–Crippen LogP) is 3.07. The van der Waals surface area contributed by atoms with Crippen molar-refractivity contribution in [3.63, 3.8) is 0 Å². The number of hydrogen-bond donors (Lipinski definition) is 1. The van der Waals surface area contributed by atoms with E-state index in [2.05, 4.69) is 28.8 Å². The van der Waals surface area contributed by atoms with Gasteiger partial charge in [-0.2, -0.15) is 0 Å². The molecule has 2 nitrogen and oxygen atoms in total. The van der Waals surface area contributed by atoms with E-state index >= 15 is 0 Å². The van der Waals surface area contributed by atoms with E-state index in [1.807, 2.05) is 18.3 Å². The number of fused-ring (bicyclic) bond motifs is 1. The lowest BCUT2D eigenvalue weighted by Gasteiger charge is -1.96. The van der Waals surface area contributed by atoms with Crippen molar-refractivity contribution in [2.45, 2.75) is 19.3 Å². The molecule has 0 bridgehead atoms. The molecule has 0 unspecified atom stereocenters. The Balaban J connectivity index is 2.20. The number of unbranched alkanes of at least 4 members (excludes halogenated alkanes) is 1. The van der Waals surface area contributed by atoms with Gasteiger partial charge in [0.2, 0.25) is 0 Å². The normalized spacial score (nSPS) is 10.6. The van der Waals surface area contributed by atoms with Gasteiger partial charge in [-0.3, -0.25) is 0 Å². The molecule has 2 rings (SSSR count). The van der Waals surface area contributed by atoms with E-state index < -0.39 is 0 Å². The van der Waals surface area contributed by atoms with E-state index in [0.717, 1.165) is 24.9 Å². The highest BCUT2D eigenvalue weighted by Crippen LogP contribution is 2.17. The molecule has 0 radical (unpaired) electrons. The van der Waals surface area contributed by atoms with Gasteiger partial charge in [-0.25, -0.2) is 4.98 Å². The number of nitrogens with zero attached hydrogens (tertiary/aromatic N) is 1. The number of H-pyrrole nitrogens is 1. The number of rotatable bonds is 4. The molecule has 0 saturated heterocycles. The first-order chi connectivity index (χ1) is 6.92. The van der Waals surface area contributed by atoms with Gasteiger partial charge in [0.25, 0.3) is 0 Å². The number of aryl methyl sites for hydroxylation is 1. The van der Waals surface area contributed by atoms with Gasteiger partial charge in [-0.1, -0.05) is 6.08 Å². The average Bonchev–Trinajstić information content (AvgIpc) is 2.63. The fourth-order valence-corrected chi connectivity index (χ4v) is 1.66. The summed E-state index contributed by atoms with van der Waals surface area (Å²) >= 11 is 0. The molecule has 0 fully saturated rings. The standard InChI is InChI=1S/C12H14N2/c1-2-3-4-6-10-9-14-12-11(10)7-5-8-13-12/h2,5,7-9H,1,3-4,6H2,(H,13,14). The zero-order valence-corrected chi connectivity index (χ0v) is 8.16. The van der Waals surface area contributed by atoms with Gasteiger partial charge in [0.05, 0.1) is 0 Å². The Hall–Kier alpha value is -1.57. The van der Waals surface area contributed by atoms with E-state index in [1.165, 1.54) is 10.9 Å². The fraction of sp³-hybridized carbons (Fsp3) is 0.250. The second-order valence-electron chi connectivity index (χ2n) is 3.39. The van der Waals surface area contributed by atoms with E-state index in [9.17, 15) is 0 Å². The summed E-state index contributed by atoms with van der Waals surface area (Å²) in [4.78, 5) is 7.43.